The van der Waals surface area contributed by atoms with E-state index in [0.29, 0.717) is 56.4 Å². The van der Waals surface area contributed by atoms with Crippen LogP contribution in [0.3, 0.4) is 0 Å². The number of rotatable bonds is 8. The number of nitrogens with zero attached hydrogens (tertiary/aromatic N) is 2. The van der Waals surface area contributed by atoms with Gasteiger partial charge in [0.2, 0.25) is 11.8 Å². The summed E-state index contributed by atoms with van der Waals surface area (Å²) in [7, 11) is 1.55. The zero-order chi connectivity index (χ0) is 21.6. The zero-order valence-electron chi connectivity index (χ0n) is 17.9. The Morgan fingerprint density at radius 1 is 1.17 bits per heavy atom. The van der Waals surface area contributed by atoms with Gasteiger partial charge in [-0.05, 0) is 37.1 Å². The molecule has 0 aliphatic carbocycles. The highest BCUT2D eigenvalue weighted by molar-refractivity contribution is 5.94. The Balaban J connectivity index is 1.40. The fraction of sp³-hybridized carbons (Fsp3) is 0.478. The summed E-state index contributed by atoms with van der Waals surface area (Å²) in [5.74, 6) is 0.946. The van der Waals surface area contributed by atoms with Crippen LogP contribution in [0.15, 0.2) is 36.4 Å². The monoisotopic (exact) mass is 415 g/mol. The molecule has 2 heterocycles. The van der Waals surface area contributed by atoms with Crippen molar-refractivity contribution in [2.45, 2.75) is 32.4 Å². The Kier molecular flexibility index (Phi) is 7.26. The van der Waals surface area contributed by atoms with Gasteiger partial charge in [-0.3, -0.25) is 4.79 Å². The minimum atomic E-state index is -1.31. The molecule has 0 unspecified atom stereocenters. The number of carbonyl (C=O) groups excluding carboxylic acids is 1. The molecule has 0 bridgehead atoms. The van der Waals surface area contributed by atoms with E-state index in [1.54, 1.807) is 30.2 Å². The number of hydrogen-bond acceptors (Lipinski definition) is 5. The van der Waals surface area contributed by atoms with Crippen molar-refractivity contribution >= 4 is 5.91 Å². The summed E-state index contributed by atoms with van der Waals surface area (Å²) in [5, 5.41) is 3.12. The number of halogens is 1. The first kappa shape index (κ1) is 22.0. The third kappa shape index (κ3) is 5.69. The molecule has 3 rings (SSSR count). The van der Waals surface area contributed by atoms with Crippen molar-refractivity contribution in [1.82, 2.24) is 15.2 Å². The number of amides is 1. The van der Waals surface area contributed by atoms with Crippen molar-refractivity contribution in [2.75, 3.05) is 39.9 Å². The lowest BCUT2D eigenvalue weighted by Crippen LogP contribution is -2.49. The van der Waals surface area contributed by atoms with E-state index in [2.05, 4.69) is 10.3 Å². The van der Waals surface area contributed by atoms with Gasteiger partial charge in [-0.15, -0.1) is 0 Å². The Labute approximate surface area is 177 Å². The molecule has 1 aromatic heterocycles. The largest absolute Gasteiger partial charge is 0.481 e. The molecule has 162 valence electrons. The number of benzene rings is 1. The number of aromatic nitrogens is 1. The Morgan fingerprint density at radius 2 is 1.90 bits per heavy atom. The molecule has 1 N–H and O–H groups in total. The standard InChI is InChI=1S/C23H30FN3O3/c1-17-7-8-19(15-18(17)2)22(28)27-12-9-23(24,10-13-27)16-25-11-14-30-21-6-4-5-20(26-21)29-3/h4-8,15,25H,9-14,16H2,1-3H3. The van der Waals surface area contributed by atoms with Gasteiger partial charge < -0.3 is 19.7 Å². The Bertz CT molecular complexity index is 867. The smallest absolute Gasteiger partial charge is 0.253 e. The molecule has 1 aromatic carbocycles. The lowest BCUT2D eigenvalue weighted by atomic mass is 9.92. The maximum Gasteiger partial charge on any atom is 0.253 e. The van der Waals surface area contributed by atoms with Crippen LogP contribution in [-0.2, 0) is 0 Å². The normalized spacial score (nSPS) is 15.7. The van der Waals surface area contributed by atoms with E-state index in [1.165, 1.54) is 0 Å². The second kappa shape index (κ2) is 9.89. The SMILES string of the molecule is COc1cccc(OCCNCC2(F)CCN(C(=O)c3ccc(C)c(C)c3)CC2)n1. The minimum Gasteiger partial charge on any atom is -0.481 e. The summed E-state index contributed by atoms with van der Waals surface area (Å²) in [6, 6.07) is 11.0. The number of ether oxygens (including phenoxy) is 2. The number of methoxy groups -OCH3 is 1. The maximum absolute atomic E-state index is 15.1. The van der Waals surface area contributed by atoms with Crippen molar-refractivity contribution in [3.63, 3.8) is 0 Å². The van der Waals surface area contributed by atoms with Gasteiger partial charge in [-0.2, -0.15) is 4.98 Å². The van der Waals surface area contributed by atoms with E-state index in [9.17, 15) is 4.79 Å². The van der Waals surface area contributed by atoms with Crippen LogP contribution >= 0.6 is 0 Å². The lowest BCUT2D eigenvalue weighted by Gasteiger charge is -2.36. The highest BCUT2D eigenvalue weighted by Gasteiger charge is 2.35. The number of carbonyl (C=O) groups is 1. The van der Waals surface area contributed by atoms with Crippen LogP contribution in [0, 0.1) is 13.8 Å². The first-order valence-electron chi connectivity index (χ1n) is 10.3. The average molecular weight is 416 g/mol. The van der Waals surface area contributed by atoms with Gasteiger partial charge >= 0.3 is 0 Å². The molecule has 1 aliphatic heterocycles. The van der Waals surface area contributed by atoms with Crippen LogP contribution in [0.5, 0.6) is 11.8 Å². The van der Waals surface area contributed by atoms with Crippen molar-refractivity contribution in [1.29, 1.82) is 0 Å². The number of hydrogen-bond donors (Lipinski definition) is 1. The topological polar surface area (TPSA) is 63.7 Å². The summed E-state index contributed by atoms with van der Waals surface area (Å²) >= 11 is 0. The summed E-state index contributed by atoms with van der Waals surface area (Å²) in [6.07, 6.45) is 0.657. The quantitative estimate of drug-likeness (QED) is 0.670. The van der Waals surface area contributed by atoms with Crippen molar-refractivity contribution < 1.29 is 18.7 Å². The van der Waals surface area contributed by atoms with Crippen LogP contribution in [0.1, 0.15) is 34.3 Å². The lowest BCUT2D eigenvalue weighted by molar-refractivity contribution is 0.0433. The third-order valence-electron chi connectivity index (χ3n) is 5.58. The molecule has 7 heteroatoms. The molecule has 1 amide bonds. The Morgan fingerprint density at radius 3 is 2.60 bits per heavy atom. The predicted molar refractivity (Wildman–Crippen MR) is 114 cm³/mol. The van der Waals surface area contributed by atoms with Crippen LogP contribution in [0.4, 0.5) is 4.39 Å². The molecular formula is C23H30FN3O3. The highest BCUT2D eigenvalue weighted by Crippen LogP contribution is 2.27. The summed E-state index contributed by atoms with van der Waals surface area (Å²) in [5.41, 5.74) is 1.61. The maximum atomic E-state index is 15.1. The first-order chi connectivity index (χ1) is 14.4. The molecule has 30 heavy (non-hydrogen) atoms. The van der Waals surface area contributed by atoms with Gasteiger partial charge in [0, 0.05) is 56.7 Å². The average Bonchev–Trinajstić information content (AvgIpc) is 2.75. The summed E-state index contributed by atoms with van der Waals surface area (Å²) in [6.45, 7) is 6.00. The third-order valence-corrected chi connectivity index (χ3v) is 5.58. The number of likely N-dealkylation sites (tertiary alicyclic amines) is 1. The minimum absolute atomic E-state index is 0.0210. The molecular weight excluding hydrogens is 385 g/mol. The molecule has 2 aromatic rings. The number of pyridine rings is 1. The van der Waals surface area contributed by atoms with Gasteiger partial charge in [0.25, 0.3) is 5.91 Å². The second-order valence-electron chi connectivity index (χ2n) is 7.79. The van der Waals surface area contributed by atoms with Gasteiger partial charge in [-0.1, -0.05) is 12.1 Å². The molecule has 0 radical (unpaired) electrons. The number of aryl methyl sites for hydroxylation is 2. The number of alkyl halides is 1. The summed E-state index contributed by atoms with van der Waals surface area (Å²) in [4.78, 5) is 18.6. The van der Waals surface area contributed by atoms with E-state index in [1.807, 2.05) is 32.0 Å². The molecule has 1 fully saturated rings. The van der Waals surface area contributed by atoms with Crippen LogP contribution in [-0.4, -0.2) is 61.4 Å². The van der Waals surface area contributed by atoms with Crippen LogP contribution < -0.4 is 14.8 Å². The molecule has 0 spiro atoms. The van der Waals surface area contributed by atoms with Crippen molar-refractivity contribution in [3.8, 4) is 11.8 Å². The van der Waals surface area contributed by atoms with Crippen molar-refractivity contribution in [3.05, 3.63) is 53.1 Å². The molecule has 0 atom stereocenters. The molecule has 1 aliphatic rings. The number of piperidine rings is 1. The predicted octanol–water partition coefficient (Wildman–Crippen LogP) is 3.32. The van der Waals surface area contributed by atoms with E-state index in [-0.39, 0.29) is 12.5 Å². The molecule has 0 saturated carbocycles. The van der Waals surface area contributed by atoms with E-state index in [4.69, 9.17) is 9.47 Å². The van der Waals surface area contributed by atoms with E-state index < -0.39 is 5.67 Å². The molecule has 6 nitrogen and oxygen atoms in total. The van der Waals surface area contributed by atoms with Crippen LogP contribution in [0.2, 0.25) is 0 Å². The first-order valence-corrected chi connectivity index (χ1v) is 10.3. The summed E-state index contributed by atoms with van der Waals surface area (Å²) < 4.78 is 25.7. The van der Waals surface area contributed by atoms with E-state index in [0.717, 1.165) is 11.1 Å². The highest BCUT2D eigenvalue weighted by atomic mass is 19.1. The number of nitrogens with one attached hydrogen (secondary N) is 1. The zero-order valence-corrected chi connectivity index (χ0v) is 17.9. The van der Waals surface area contributed by atoms with Gasteiger partial charge in [0.1, 0.15) is 12.3 Å². The second-order valence-corrected chi connectivity index (χ2v) is 7.79. The molecule has 1 saturated heterocycles. The fourth-order valence-electron chi connectivity index (χ4n) is 3.47. The van der Waals surface area contributed by atoms with E-state index >= 15 is 4.39 Å². The fourth-order valence-corrected chi connectivity index (χ4v) is 3.47. The van der Waals surface area contributed by atoms with Crippen LogP contribution in [0.25, 0.3) is 0 Å². The van der Waals surface area contributed by atoms with Gasteiger partial charge in [-0.25, -0.2) is 4.39 Å². The Hall–Kier alpha value is -2.67. The van der Waals surface area contributed by atoms with Gasteiger partial charge in [0.05, 0.1) is 7.11 Å². The van der Waals surface area contributed by atoms with Crippen molar-refractivity contribution in [2.24, 2.45) is 0 Å². The van der Waals surface area contributed by atoms with Gasteiger partial charge in [0.15, 0.2) is 0 Å².